The third-order valence-corrected chi connectivity index (χ3v) is 6.04. The van der Waals surface area contributed by atoms with Gasteiger partial charge < -0.3 is 17.0 Å². The Morgan fingerprint density at radius 3 is 2.31 bits per heavy atom. The molecule has 0 saturated carbocycles. The van der Waals surface area contributed by atoms with Crippen LogP contribution in [-0.2, 0) is 0 Å². The van der Waals surface area contributed by atoms with E-state index in [0.29, 0.717) is 11.3 Å². The second-order valence-electron chi connectivity index (χ2n) is 6.63. The number of rotatable bonds is 3. The van der Waals surface area contributed by atoms with Crippen LogP contribution >= 0.6 is 11.3 Å². The number of benzene rings is 3. The van der Waals surface area contributed by atoms with Gasteiger partial charge in [0.05, 0.1) is 4.70 Å². The van der Waals surface area contributed by atoms with Crippen molar-refractivity contribution < 1.29 is 30.6 Å². The van der Waals surface area contributed by atoms with E-state index in [0.717, 1.165) is 26.6 Å². The lowest BCUT2D eigenvalue weighted by molar-refractivity contribution is -0.479. The molecule has 144 valence electrons. The van der Waals surface area contributed by atoms with E-state index in [1.165, 1.54) is 24.3 Å². The zero-order valence-corrected chi connectivity index (χ0v) is 17.9. The van der Waals surface area contributed by atoms with Crippen LogP contribution in [0.4, 0.5) is 4.39 Å². The molecule has 3 aromatic carbocycles. The van der Waals surface area contributed by atoms with E-state index < -0.39 is 0 Å². The van der Waals surface area contributed by atoms with Crippen molar-refractivity contribution in [2.45, 2.75) is 6.92 Å². The van der Waals surface area contributed by atoms with Crippen LogP contribution in [-0.4, -0.2) is 10.4 Å². The maximum absolute atomic E-state index is 13.4. The Morgan fingerprint density at radius 2 is 1.59 bits per heavy atom. The van der Waals surface area contributed by atoms with Crippen LogP contribution in [0.25, 0.3) is 20.9 Å². The first-order valence-corrected chi connectivity index (χ1v) is 9.77. The molecule has 29 heavy (non-hydrogen) atoms. The Bertz CT molecular complexity index is 1340. The molecule has 0 N–H and O–H groups in total. The minimum absolute atomic E-state index is 0. The van der Waals surface area contributed by atoms with Gasteiger partial charge in [0, 0.05) is 12.5 Å². The van der Waals surface area contributed by atoms with Gasteiger partial charge in [0.1, 0.15) is 11.5 Å². The van der Waals surface area contributed by atoms with Crippen molar-refractivity contribution in [2.24, 2.45) is 0 Å². The highest BCUT2D eigenvalue weighted by Crippen LogP contribution is 2.28. The minimum atomic E-state index is -0.353. The molecule has 5 rings (SSSR count). The first-order chi connectivity index (χ1) is 13.6. The van der Waals surface area contributed by atoms with Crippen molar-refractivity contribution in [1.82, 2.24) is 4.57 Å². The standard InChI is InChI=1S/C23H16FN2OS.BrH/c1-15-21(22(27)16-11-13-17(24)14-12-16)26-19-9-5-6-10-20(19)28-23(26)25(15)18-7-3-2-4-8-18;/h2-14H,1H3;1H/q+1;/p-1. The molecule has 0 aliphatic carbocycles. The summed E-state index contributed by atoms with van der Waals surface area (Å²) in [6.07, 6.45) is 0. The zero-order chi connectivity index (χ0) is 19.3. The van der Waals surface area contributed by atoms with Crippen LogP contribution in [0.1, 0.15) is 21.7 Å². The molecule has 0 atom stereocenters. The summed E-state index contributed by atoms with van der Waals surface area (Å²) in [4.78, 5) is 14.4. The molecule has 0 aliphatic heterocycles. The number of nitrogens with zero attached hydrogens (tertiary/aromatic N) is 2. The number of fused-ring (bicyclic) bond motifs is 3. The highest BCUT2D eigenvalue weighted by atomic mass is 79.9. The summed E-state index contributed by atoms with van der Waals surface area (Å²) in [6, 6.07) is 23.8. The van der Waals surface area contributed by atoms with Gasteiger partial charge in [-0.25, -0.2) is 4.39 Å². The predicted molar refractivity (Wildman–Crippen MR) is 109 cm³/mol. The highest BCUT2D eigenvalue weighted by molar-refractivity contribution is 7.23. The Morgan fingerprint density at radius 1 is 0.931 bits per heavy atom. The van der Waals surface area contributed by atoms with Gasteiger partial charge in [-0.2, -0.15) is 8.97 Å². The van der Waals surface area contributed by atoms with Gasteiger partial charge in [-0.05, 0) is 59.9 Å². The van der Waals surface area contributed by atoms with Gasteiger partial charge in [-0.1, -0.05) is 30.3 Å². The summed E-state index contributed by atoms with van der Waals surface area (Å²) in [5, 5.41) is 0. The first kappa shape index (κ1) is 19.5. The molecule has 0 aliphatic rings. The maximum Gasteiger partial charge on any atom is 0.352 e. The van der Waals surface area contributed by atoms with Gasteiger partial charge in [0.25, 0.3) is 0 Å². The average Bonchev–Trinajstić information content (AvgIpc) is 3.22. The summed E-state index contributed by atoms with van der Waals surface area (Å²) in [6.45, 7) is 1.96. The molecule has 2 aromatic heterocycles. The number of carbonyl (C=O) groups is 1. The van der Waals surface area contributed by atoms with Crippen molar-refractivity contribution in [2.75, 3.05) is 0 Å². The quantitative estimate of drug-likeness (QED) is 0.295. The van der Waals surface area contributed by atoms with E-state index in [1.54, 1.807) is 11.3 Å². The highest BCUT2D eigenvalue weighted by Gasteiger charge is 2.32. The molecule has 0 spiro atoms. The molecule has 0 bridgehead atoms. The molecule has 0 saturated heterocycles. The van der Waals surface area contributed by atoms with Gasteiger partial charge in [0.2, 0.25) is 11.5 Å². The molecule has 5 aromatic rings. The summed E-state index contributed by atoms with van der Waals surface area (Å²) in [7, 11) is 0. The fourth-order valence-corrected chi connectivity index (χ4v) is 4.85. The van der Waals surface area contributed by atoms with E-state index in [2.05, 4.69) is 10.6 Å². The lowest BCUT2D eigenvalue weighted by Gasteiger charge is -2.00. The number of halogens is 2. The summed E-state index contributed by atoms with van der Waals surface area (Å²) >= 11 is 1.65. The number of para-hydroxylation sites is 2. The Balaban J connectivity index is 0.00000205. The van der Waals surface area contributed by atoms with Gasteiger partial charge in [0.15, 0.2) is 11.2 Å². The number of ketones is 1. The summed E-state index contributed by atoms with van der Waals surface area (Å²) < 4.78 is 18.6. The molecular formula is C23H16BrFN2OS. The average molecular weight is 467 g/mol. The van der Waals surface area contributed by atoms with E-state index in [4.69, 9.17) is 0 Å². The van der Waals surface area contributed by atoms with E-state index in [1.807, 2.05) is 59.9 Å². The van der Waals surface area contributed by atoms with Crippen LogP contribution in [0.2, 0.25) is 0 Å². The number of hydrogen-bond acceptors (Lipinski definition) is 2. The van der Waals surface area contributed by atoms with Gasteiger partial charge in [-0.15, -0.1) is 0 Å². The second kappa shape index (κ2) is 7.54. The number of aromatic nitrogens is 2. The third-order valence-electron chi connectivity index (χ3n) is 4.93. The zero-order valence-electron chi connectivity index (χ0n) is 15.5. The minimum Gasteiger partial charge on any atom is -1.00 e. The molecule has 0 amide bonds. The Labute approximate surface area is 181 Å². The Kier molecular flexibility index (Phi) is 5.06. The third kappa shape index (κ3) is 3.09. The van der Waals surface area contributed by atoms with Crippen molar-refractivity contribution >= 4 is 32.3 Å². The van der Waals surface area contributed by atoms with Crippen LogP contribution < -0.4 is 21.4 Å². The lowest BCUT2D eigenvalue weighted by Crippen LogP contribution is -3.00. The van der Waals surface area contributed by atoms with Crippen LogP contribution in [0.15, 0.2) is 78.9 Å². The van der Waals surface area contributed by atoms with Crippen molar-refractivity contribution in [3.05, 3.63) is 102 Å². The molecule has 0 radical (unpaired) electrons. The van der Waals surface area contributed by atoms with E-state index in [9.17, 15) is 9.18 Å². The first-order valence-electron chi connectivity index (χ1n) is 8.95. The smallest absolute Gasteiger partial charge is 0.352 e. The molecule has 0 fully saturated rings. The topological polar surface area (TPSA) is 26.1 Å². The molecule has 6 heteroatoms. The molecule has 2 heterocycles. The number of hydrogen-bond donors (Lipinski definition) is 0. The van der Waals surface area contributed by atoms with Gasteiger partial charge in [-0.3, -0.25) is 4.79 Å². The largest absolute Gasteiger partial charge is 1.00 e. The number of imidazole rings is 1. The van der Waals surface area contributed by atoms with E-state index >= 15 is 0 Å². The lowest BCUT2D eigenvalue weighted by atomic mass is 10.1. The van der Waals surface area contributed by atoms with Crippen molar-refractivity contribution in [3.63, 3.8) is 0 Å². The fraction of sp³-hybridized carbons (Fsp3) is 0.0435. The second-order valence-corrected chi connectivity index (χ2v) is 7.64. The SMILES string of the molecule is Cc1c(C(=O)c2ccc(F)cc2)[n+]2c3ccccc3sc2n1-c1ccccc1.[Br-]. The van der Waals surface area contributed by atoms with E-state index in [-0.39, 0.29) is 28.6 Å². The molecule has 3 nitrogen and oxygen atoms in total. The molecule has 0 unspecified atom stereocenters. The van der Waals surface area contributed by atoms with Crippen LogP contribution in [0, 0.1) is 12.7 Å². The summed E-state index contributed by atoms with van der Waals surface area (Å²) in [5.41, 5.74) is 3.92. The summed E-state index contributed by atoms with van der Waals surface area (Å²) in [5.74, 6) is -0.473. The van der Waals surface area contributed by atoms with Crippen LogP contribution in [0.3, 0.4) is 0 Å². The Hall–Kier alpha value is -2.83. The fourth-order valence-electron chi connectivity index (χ4n) is 3.63. The van der Waals surface area contributed by atoms with Gasteiger partial charge >= 0.3 is 4.96 Å². The normalized spacial score (nSPS) is 11.0. The number of carbonyl (C=O) groups excluding carboxylic acids is 1. The monoisotopic (exact) mass is 466 g/mol. The number of thiazole rings is 1. The van der Waals surface area contributed by atoms with Crippen LogP contribution in [0.5, 0.6) is 0 Å². The van der Waals surface area contributed by atoms with Crippen molar-refractivity contribution in [3.8, 4) is 5.69 Å². The maximum atomic E-state index is 13.4. The molecular weight excluding hydrogens is 451 g/mol. The predicted octanol–water partition coefficient (Wildman–Crippen LogP) is 2.11. The van der Waals surface area contributed by atoms with Crippen molar-refractivity contribution in [1.29, 1.82) is 0 Å².